The van der Waals surface area contributed by atoms with Crippen LogP contribution in [0.15, 0.2) is 54.1 Å². The molecule has 3 rings (SSSR count). The molecule has 0 fully saturated rings. The van der Waals surface area contributed by atoms with Crippen molar-refractivity contribution in [2.75, 3.05) is 0 Å². The van der Waals surface area contributed by atoms with Gasteiger partial charge < -0.3 is 4.76 Å². The van der Waals surface area contributed by atoms with Crippen molar-refractivity contribution >= 4 is 13.2 Å². The zero-order valence-corrected chi connectivity index (χ0v) is 21.6. The lowest BCUT2D eigenvalue weighted by molar-refractivity contribution is -0.577. The van der Waals surface area contributed by atoms with Gasteiger partial charge in [-0.1, -0.05) is 91.8 Å². The van der Waals surface area contributed by atoms with Crippen molar-refractivity contribution in [3.05, 3.63) is 76.0 Å². The summed E-state index contributed by atoms with van der Waals surface area (Å²) in [4.78, 5) is 11.0. The molecule has 1 aromatic heterocycles. The molecule has 0 atom stereocenters. The Kier molecular flexibility index (Phi) is 7.78. The predicted octanol–water partition coefficient (Wildman–Crippen LogP) is 5.65. The molecule has 2 aromatic carbocycles. The average Bonchev–Trinajstić information content (AvgIpc) is 3.19. The first kappa shape index (κ1) is 24.8. The summed E-state index contributed by atoms with van der Waals surface area (Å²) in [6.45, 7) is 17.8. The third kappa shape index (κ3) is 4.90. The molecule has 5 nitrogen and oxygen atoms in total. The molecule has 0 aliphatic heterocycles. The number of rotatable bonds is 9. The Bertz CT molecular complexity index is 983. The minimum absolute atomic E-state index is 0.363. The Labute approximate surface area is 199 Å². The molecule has 0 unspecified atom stereocenters. The van der Waals surface area contributed by atoms with E-state index in [0.717, 1.165) is 5.72 Å². The SMILES string of the molecule is CC(C)c1cccc(C(C)C)c1-n1cc[n+](-c2c(C(C)C)cccc2C(C)C)c1[BH2-]ON=O. The standard InChI is InChI=1S/C27H38BN3O2/c1-17(2)21-11-9-12-22(18(3)4)25(21)30-15-16-31(27(30)28-33-29-32)26-23(19(5)6)13-10-14-24(26)20(7)8/h9-20H,28H2,1-8H3. The molecule has 33 heavy (non-hydrogen) atoms. The number of para-hydroxylation sites is 2. The Hall–Kier alpha value is -2.89. The number of imidazole rings is 1. The summed E-state index contributed by atoms with van der Waals surface area (Å²) in [6.07, 6.45) is 4.25. The Morgan fingerprint density at radius 2 is 1.24 bits per heavy atom. The van der Waals surface area contributed by atoms with Gasteiger partial charge in [-0.2, -0.15) is 0 Å². The summed E-state index contributed by atoms with van der Waals surface area (Å²) in [5, 5.41) is 2.79. The summed E-state index contributed by atoms with van der Waals surface area (Å²) in [7, 11) is -1.28. The van der Waals surface area contributed by atoms with Gasteiger partial charge in [-0.25, -0.2) is 9.13 Å². The van der Waals surface area contributed by atoms with Gasteiger partial charge in [0.2, 0.25) is 0 Å². The van der Waals surface area contributed by atoms with E-state index in [-0.39, 0.29) is 0 Å². The maximum Gasteiger partial charge on any atom is 0.287 e. The first-order valence-corrected chi connectivity index (χ1v) is 12.3. The highest BCUT2D eigenvalue weighted by Crippen LogP contribution is 2.31. The molecule has 0 N–H and O–H groups in total. The number of nitrogens with zero attached hydrogens (tertiary/aromatic N) is 3. The fourth-order valence-corrected chi connectivity index (χ4v) is 4.83. The second-order valence-electron chi connectivity index (χ2n) is 10.2. The molecule has 3 aromatic rings. The minimum atomic E-state index is -1.28. The van der Waals surface area contributed by atoms with Crippen molar-refractivity contribution in [1.82, 2.24) is 4.57 Å². The first-order chi connectivity index (χ1) is 15.7. The van der Waals surface area contributed by atoms with Gasteiger partial charge in [0.25, 0.3) is 7.48 Å². The molecule has 0 bridgehead atoms. The van der Waals surface area contributed by atoms with Crippen LogP contribution in [-0.2, 0) is 4.76 Å². The highest BCUT2D eigenvalue weighted by molar-refractivity contribution is 6.43. The topological polar surface area (TPSA) is 47.5 Å². The van der Waals surface area contributed by atoms with Crippen LogP contribution in [0.1, 0.15) is 101 Å². The van der Waals surface area contributed by atoms with Gasteiger partial charge >= 0.3 is 0 Å². The molecule has 0 saturated carbocycles. The van der Waals surface area contributed by atoms with Gasteiger partial charge in [0.15, 0.2) is 0 Å². The van der Waals surface area contributed by atoms with Crippen molar-refractivity contribution in [3.63, 3.8) is 0 Å². The zero-order chi connectivity index (χ0) is 24.3. The summed E-state index contributed by atoms with van der Waals surface area (Å²) < 4.78 is 9.75. The van der Waals surface area contributed by atoms with E-state index < -0.39 is 7.48 Å². The van der Waals surface area contributed by atoms with Crippen molar-refractivity contribution in [3.8, 4) is 11.4 Å². The number of benzene rings is 2. The molecule has 1 heterocycles. The Balaban J connectivity index is 2.40. The number of hydrogen-bond donors (Lipinski definition) is 0. The lowest BCUT2D eigenvalue weighted by atomic mass is 9.90. The highest BCUT2D eigenvalue weighted by Gasteiger charge is 2.27. The van der Waals surface area contributed by atoms with Crippen LogP contribution >= 0.6 is 0 Å². The van der Waals surface area contributed by atoms with Crippen LogP contribution < -0.4 is 10.3 Å². The minimum Gasteiger partial charge on any atom is -0.578 e. The van der Waals surface area contributed by atoms with E-state index in [4.69, 9.17) is 4.76 Å². The number of aromatic nitrogens is 2. The van der Waals surface area contributed by atoms with Crippen LogP contribution in [-0.4, -0.2) is 12.0 Å². The van der Waals surface area contributed by atoms with Crippen molar-refractivity contribution in [1.29, 1.82) is 0 Å². The van der Waals surface area contributed by atoms with Crippen LogP contribution in [0, 0.1) is 4.91 Å². The van der Waals surface area contributed by atoms with Gasteiger partial charge in [-0.05, 0) is 23.7 Å². The molecule has 0 saturated heterocycles. The summed E-state index contributed by atoms with van der Waals surface area (Å²) in [6, 6.07) is 13.1. The zero-order valence-electron chi connectivity index (χ0n) is 21.6. The Morgan fingerprint density at radius 1 is 0.788 bits per heavy atom. The highest BCUT2D eigenvalue weighted by atomic mass is 16.7. The maximum atomic E-state index is 11.0. The number of hydrogen-bond acceptors (Lipinski definition) is 3. The quantitative estimate of drug-likeness (QED) is 0.184. The molecular weight excluding hydrogens is 409 g/mol. The molecule has 0 spiro atoms. The van der Waals surface area contributed by atoms with Crippen molar-refractivity contribution in [2.24, 2.45) is 5.34 Å². The second kappa shape index (κ2) is 10.4. The van der Waals surface area contributed by atoms with Crippen molar-refractivity contribution in [2.45, 2.75) is 79.1 Å². The second-order valence-corrected chi connectivity index (χ2v) is 10.2. The van der Waals surface area contributed by atoms with Gasteiger partial charge in [0, 0.05) is 22.3 Å². The van der Waals surface area contributed by atoms with Gasteiger partial charge in [-0.3, -0.25) is 0 Å². The summed E-state index contributed by atoms with van der Waals surface area (Å²) in [5.41, 5.74) is 8.55. The normalized spacial score (nSPS) is 11.8. The van der Waals surface area contributed by atoms with Crippen LogP contribution in [0.3, 0.4) is 0 Å². The summed E-state index contributed by atoms with van der Waals surface area (Å²) >= 11 is 0. The molecule has 0 aliphatic rings. The van der Waals surface area contributed by atoms with Crippen LogP contribution in [0.4, 0.5) is 0 Å². The van der Waals surface area contributed by atoms with Gasteiger partial charge in [0.1, 0.15) is 34.8 Å². The lowest BCUT2D eigenvalue weighted by Gasteiger charge is -2.21. The average molecular weight is 447 g/mol. The first-order valence-electron chi connectivity index (χ1n) is 12.3. The van der Waals surface area contributed by atoms with Crippen molar-refractivity contribution < 1.29 is 9.32 Å². The van der Waals surface area contributed by atoms with E-state index in [9.17, 15) is 4.91 Å². The van der Waals surface area contributed by atoms with E-state index in [2.05, 4.69) is 119 Å². The smallest absolute Gasteiger partial charge is 0.287 e. The van der Waals surface area contributed by atoms with Gasteiger partial charge in [0.05, 0.1) is 0 Å². The maximum absolute atomic E-state index is 11.0. The molecular formula is C27H38BN3O2. The Morgan fingerprint density at radius 3 is 1.67 bits per heavy atom. The third-order valence-corrected chi connectivity index (χ3v) is 6.58. The van der Waals surface area contributed by atoms with E-state index in [1.54, 1.807) is 0 Å². The van der Waals surface area contributed by atoms with Crippen LogP contribution in [0.25, 0.3) is 11.4 Å². The fraction of sp³-hybridized carbons (Fsp3) is 0.444. The predicted molar refractivity (Wildman–Crippen MR) is 139 cm³/mol. The molecule has 0 aliphatic carbocycles. The van der Waals surface area contributed by atoms with E-state index in [1.165, 1.54) is 33.6 Å². The summed E-state index contributed by atoms with van der Waals surface area (Å²) in [5.74, 6) is 1.45. The molecule has 0 amide bonds. The van der Waals surface area contributed by atoms with Crippen LogP contribution in [0.5, 0.6) is 0 Å². The van der Waals surface area contributed by atoms with E-state index in [1.807, 2.05) is 0 Å². The third-order valence-electron chi connectivity index (χ3n) is 6.58. The fourth-order valence-electron chi connectivity index (χ4n) is 4.83. The van der Waals surface area contributed by atoms with E-state index >= 15 is 0 Å². The van der Waals surface area contributed by atoms with Gasteiger partial charge in [-0.15, -0.1) is 4.91 Å². The monoisotopic (exact) mass is 447 g/mol. The molecule has 176 valence electrons. The largest absolute Gasteiger partial charge is 0.578 e. The molecule has 6 heteroatoms. The molecule has 0 radical (unpaired) electrons. The van der Waals surface area contributed by atoms with Crippen LogP contribution in [0.2, 0.25) is 0 Å². The van der Waals surface area contributed by atoms with E-state index in [0.29, 0.717) is 23.7 Å². The lowest BCUT2D eigenvalue weighted by Crippen LogP contribution is -2.52.